The van der Waals surface area contributed by atoms with Crippen LogP contribution in [-0.2, 0) is 16.2 Å². The van der Waals surface area contributed by atoms with E-state index < -0.39 is 27.5 Å². The average molecular weight is 395 g/mol. The molecule has 118 valence electrons. The van der Waals surface area contributed by atoms with Crippen molar-refractivity contribution in [2.24, 2.45) is 0 Å². The summed E-state index contributed by atoms with van der Waals surface area (Å²) in [5.74, 6) is 0. The lowest BCUT2D eigenvalue weighted by molar-refractivity contribution is -0.136. The smallest absolute Gasteiger partial charge is 0.398 e. The lowest BCUT2D eigenvalue weighted by atomic mass is 10.1. The van der Waals surface area contributed by atoms with Gasteiger partial charge in [-0.1, -0.05) is 15.9 Å². The predicted octanol–water partition coefficient (Wildman–Crippen LogP) is 3.85. The first kappa shape index (κ1) is 16.6. The molecular weight excluding hydrogens is 385 g/mol. The number of sulfonamides is 1. The van der Waals surface area contributed by atoms with Gasteiger partial charge < -0.3 is 5.73 Å². The van der Waals surface area contributed by atoms with Gasteiger partial charge >= 0.3 is 6.18 Å². The fraction of sp³-hybridized carbons (Fsp3) is 0.0769. The predicted molar refractivity (Wildman–Crippen MR) is 80.8 cm³/mol. The van der Waals surface area contributed by atoms with Crippen molar-refractivity contribution in [3.05, 3.63) is 52.5 Å². The molecule has 0 saturated carbocycles. The zero-order valence-electron chi connectivity index (χ0n) is 10.9. The standard InChI is InChI=1S/C13H10BrF3N2O2S/c14-8-1-4-10(5-2-8)22(20,21)19-9-3-6-12(18)11(7-9)13(15,16)17/h1-7,19H,18H2. The minimum atomic E-state index is -4.66. The number of nitrogens with two attached hydrogens (primary N) is 1. The van der Waals surface area contributed by atoms with Crippen LogP contribution in [0.3, 0.4) is 0 Å². The van der Waals surface area contributed by atoms with Gasteiger partial charge in [0.1, 0.15) is 0 Å². The van der Waals surface area contributed by atoms with E-state index in [9.17, 15) is 21.6 Å². The number of rotatable bonds is 3. The maximum absolute atomic E-state index is 12.8. The van der Waals surface area contributed by atoms with Crippen molar-refractivity contribution in [3.63, 3.8) is 0 Å². The summed E-state index contributed by atoms with van der Waals surface area (Å²) >= 11 is 3.16. The minimum Gasteiger partial charge on any atom is -0.398 e. The lowest BCUT2D eigenvalue weighted by Gasteiger charge is -2.13. The van der Waals surface area contributed by atoms with Gasteiger partial charge in [0, 0.05) is 15.8 Å². The van der Waals surface area contributed by atoms with Gasteiger partial charge in [0.25, 0.3) is 10.0 Å². The number of nitrogens with one attached hydrogen (secondary N) is 1. The molecule has 0 radical (unpaired) electrons. The molecule has 4 nitrogen and oxygen atoms in total. The van der Waals surface area contributed by atoms with Crippen molar-refractivity contribution in [3.8, 4) is 0 Å². The summed E-state index contributed by atoms with van der Waals surface area (Å²) in [5, 5.41) is 0. The van der Waals surface area contributed by atoms with E-state index in [4.69, 9.17) is 5.73 Å². The van der Waals surface area contributed by atoms with Crippen LogP contribution in [0.2, 0.25) is 0 Å². The van der Waals surface area contributed by atoms with E-state index in [-0.39, 0.29) is 10.6 Å². The fourth-order valence-electron chi connectivity index (χ4n) is 1.69. The van der Waals surface area contributed by atoms with Crippen LogP contribution < -0.4 is 10.5 Å². The first-order chi connectivity index (χ1) is 10.1. The van der Waals surface area contributed by atoms with Crippen LogP contribution >= 0.6 is 15.9 Å². The third-order valence-corrected chi connectivity index (χ3v) is 4.66. The Balaban J connectivity index is 2.36. The average Bonchev–Trinajstić information content (AvgIpc) is 2.40. The summed E-state index contributed by atoms with van der Waals surface area (Å²) in [6, 6.07) is 8.51. The van der Waals surface area contributed by atoms with Gasteiger partial charge in [-0.3, -0.25) is 4.72 Å². The summed E-state index contributed by atoms with van der Waals surface area (Å²) in [6.07, 6.45) is -4.66. The Labute approximate surface area is 133 Å². The number of anilines is 2. The highest BCUT2D eigenvalue weighted by molar-refractivity contribution is 9.10. The summed E-state index contributed by atoms with van der Waals surface area (Å²) in [6.45, 7) is 0. The van der Waals surface area contributed by atoms with E-state index in [1.165, 1.54) is 30.3 Å². The molecule has 0 saturated heterocycles. The first-order valence-electron chi connectivity index (χ1n) is 5.85. The van der Waals surface area contributed by atoms with E-state index in [1.54, 1.807) is 0 Å². The van der Waals surface area contributed by atoms with Crippen molar-refractivity contribution >= 4 is 37.3 Å². The van der Waals surface area contributed by atoms with E-state index >= 15 is 0 Å². The molecule has 22 heavy (non-hydrogen) atoms. The maximum Gasteiger partial charge on any atom is 0.418 e. The van der Waals surface area contributed by atoms with Gasteiger partial charge in [-0.25, -0.2) is 8.42 Å². The third-order valence-electron chi connectivity index (χ3n) is 2.73. The molecule has 0 unspecified atom stereocenters. The first-order valence-corrected chi connectivity index (χ1v) is 8.12. The molecule has 0 heterocycles. The van der Waals surface area contributed by atoms with Crippen LogP contribution in [0.25, 0.3) is 0 Å². The van der Waals surface area contributed by atoms with Crippen molar-refractivity contribution in [1.29, 1.82) is 0 Å². The lowest BCUT2D eigenvalue weighted by Crippen LogP contribution is -2.15. The molecule has 0 spiro atoms. The Morgan fingerprint density at radius 1 is 1.05 bits per heavy atom. The molecule has 0 amide bonds. The number of hydrogen-bond acceptors (Lipinski definition) is 3. The van der Waals surface area contributed by atoms with Crippen molar-refractivity contribution in [2.75, 3.05) is 10.5 Å². The van der Waals surface area contributed by atoms with E-state index in [1.807, 2.05) is 0 Å². The minimum absolute atomic E-state index is 0.0684. The van der Waals surface area contributed by atoms with E-state index in [0.717, 1.165) is 6.07 Å². The largest absolute Gasteiger partial charge is 0.418 e. The third kappa shape index (κ3) is 3.72. The van der Waals surface area contributed by atoms with Gasteiger partial charge in [0.15, 0.2) is 0 Å². The monoisotopic (exact) mass is 394 g/mol. The van der Waals surface area contributed by atoms with Crippen molar-refractivity contribution < 1.29 is 21.6 Å². The second-order valence-corrected chi connectivity index (χ2v) is 6.96. The molecule has 0 aliphatic carbocycles. The molecule has 2 rings (SSSR count). The molecule has 2 aromatic rings. The zero-order chi connectivity index (χ0) is 16.5. The van der Waals surface area contributed by atoms with E-state index in [0.29, 0.717) is 10.5 Å². The van der Waals surface area contributed by atoms with Crippen LogP contribution in [0, 0.1) is 0 Å². The Morgan fingerprint density at radius 3 is 2.18 bits per heavy atom. The van der Waals surface area contributed by atoms with Gasteiger partial charge in [-0.2, -0.15) is 13.2 Å². The summed E-state index contributed by atoms with van der Waals surface area (Å²) in [4.78, 5) is -0.0684. The van der Waals surface area contributed by atoms with Gasteiger partial charge in [0.2, 0.25) is 0 Å². The number of nitrogen functional groups attached to an aromatic ring is 1. The topological polar surface area (TPSA) is 72.2 Å². The summed E-state index contributed by atoms with van der Waals surface area (Å²) in [5.41, 5.74) is 3.48. The zero-order valence-corrected chi connectivity index (χ0v) is 13.3. The second kappa shape index (κ2) is 5.81. The van der Waals surface area contributed by atoms with Crippen molar-refractivity contribution in [1.82, 2.24) is 0 Å². The van der Waals surface area contributed by atoms with Crippen LogP contribution in [-0.4, -0.2) is 8.42 Å². The Kier molecular flexibility index (Phi) is 4.39. The number of hydrogen-bond donors (Lipinski definition) is 2. The Bertz CT molecular complexity index is 790. The highest BCUT2D eigenvalue weighted by atomic mass is 79.9. The van der Waals surface area contributed by atoms with Crippen LogP contribution in [0.15, 0.2) is 51.8 Å². The molecule has 0 aliphatic rings. The number of benzene rings is 2. The summed E-state index contributed by atoms with van der Waals surface area (Å²) < 4.78 is 65.3. The van der Waals surface area contributed by atoms with Gasteiger partial charge in [0.05, 0.1) is 10.5 Å². The second-order valence-electron chi connectivity index (χ2n) is 4.36. The van der Waals surface area contributed by atoms with Gasteiger partial charge in [-0.15, -0.1) is 0 Å². The Hall–Kier alpha value is -1.74. The van der Waals surface area contributed by atoms with Gasteiger partial charge in [-0.05, 0) is 42.5 Å². The molecule has 0 aliphatic heterocycles. The SMILES string of the molecule is Nc1ccc(NS(=O)(=O)c2ccc(Br)cc2)cc1C(F)(F)F. The molecular formula is C13H10BrF3N2O2S. The molecule has 0 bridgehead atoms. The number of alkyl halides is 3. The fourth-order valence-corrected chi connectivity index (χ4v) is 3.01. The Morgan fingerprint density at radius 2 is 1.64 bits per heavy atom. The molecule has 0 atom stereocenters. The van der Waals surface area contributed by atoms with Crippen LogP contribution in [0.5, 0.6) is 0 Å². The summed E-state index contributed by atoms with van der Waals surface area (Å²) in [7, 11) is -3.98. The molecule has 9 heteroatoms. The maximum atomic E-state index is 12.8. The van der Waals surface area contributed by atoms with Crippen LogP contribution in [0.4, 0.5) is 24.5 Å². The highest BCUT2D eigenvalue weighted by Gasteiger charge is 2.33. The molecule has 3 N–H and O–H groups in total. The van der Waals surface area contributed by atoms with E-state index in [2.05, 4.69) is 20.7 Å². The normalized spacial score (nSPS) is 12.2. The quantitative estimate of drug-likeness (QED) is 0.776. The highest BCUT2D eigenvalue weighted by Crippen LogP contribution is 2.35. The van der Waals surface area contributed by atoms with Crippen molar-refractivity contribution in [2.45, 2.75) is 11.1 Å². The molecule has 0 aromatic heterocycles. The number of halogens is 4. The molecule has 0 fully saturated rings. The molecule has 2 aromatic carbocycles. The van der Waals surface area contributed by atoms with Crippen LogP contribution in [0.1, 0.15) is 5.56 Å².